The molecular formula is C24H30N6O. The van der Waals surface area contributed by atoms with Gasteiger partial charge >= 0.3 is 0 Å². The minimum atomic E-state index is -0.117. The standard InChI is InChI=1S/C24H30N6O/c1-17-8-5-6-9-19(17)30-21(16-20(28-30)24(2,3)4)27-22(31)18-10-14-29(15-11-18)23-25-12-7-13-26-23/h5-9,12-13,16,18H,10-11,14-15H2,1-4H3,(H,27,31). The molecule has 0 saturated carbocycles. The van der Waals surface area contributed by atoms with Gasteiger partial charge in [0, 0.05) is 42.9 Å². The Balaban J connectivity index is 1.52. The predicted octanol–water partition coefficient (Wildman–Crippen LogP) is 4.12. The van der Waals surface area contributed by atoms with Crippen LogP contribution in [-0.2, 0) is 10.2 Å². The van der Waals surface area contributed by atoms with Gasteiger partial charge in [-0.25, -0.2) is 14.6 Å². The largest absolute Gasteiger partial charge is 0.341 e. The molecule has 4 rings (SSSR count). The number of nitrogens with one attached hydrogen (secondary N) is 1. The topological polar surface area (TPSA) is 75.9 Å². The van der Waals surface area contributed by atoms with E-state index in [9.17, 15) is 4.79 Å². The summed E-state index contributed by atoms with van der Waals surface area (Å²) in [6.45, 7) is 9.99. The molecule has 1 aliphatic heterocycles. The highest BCUT2D eigenvalue weighted by atomic mass is 16.2. The zero-order chi connectivity index (χ0) is 22.0. The van der Waals surface area contributed by atoms with Crippen molar-refractivity contribution < 1.29 is 4.79 Å². The highest BCUT2D eigenvalue weighted by Gasteiger charge is 2.28. The Morgan fingerprint density at radius 3 is 2.39 bits per heavy atom. The molecule has 0 bridgehead atoms. The van der Waals surface area contributed by atoms with E-state index in [4.69, 9.17) is 5.10 Å². The van der Waals surface area contributed by atoms with Crippen LogP contribution in [0.5, 0.6) is 0 Å². The summed E-state index contributed by atoms with van der Waals surface area (Å²) in [4.78, 5) is 23.9. The van der Waals surface area contributed by atoms with Gasteiger partial charge in [0.25, 0.3) is 0 Å². The second-order valence-electron chi connectivity index (χ2n) is 9.16. The number of aryl methyl sites for hydroxylation is 1. The van der Waals surface area contributed by atoms with Crippen LogP contribution in [0, 0.1) is 12.8 Å². The third-order valence-corrected chi connectivity index (χ3v) is 5.77. The number of carbonyl (C=O) groups is 1. The number of hydrogen-bond donors (Lipinski definition) is 1. The van der Waals surface area contributed by atoms with Gasteiger partial charge in [-0.2, -0.15) is 5.10 Å². The number of piperidine rings is 1. The Morgan fingerprint density at radius 1 is 1.06 bits per heavy atom. The average Bonchev–Trinajstić information content (AvgIpc) is 3.19. The molecule has 0 spiro atoms. The maximum atomic E-state index is 13.1. The molecule has 1 fully saturated rings. The van der Waals surface area contributed by atoms with Gasteiger partial charge in [0.1, 0.15) is 5.82 Å². The summed E-state index contributed by atoms with van der Waals surface area (Å²) >= 11 is 0. The number of anilines is 2. The molecule has 162 valence electrons. The molecule has 31 heavy (non-hydrogen) atoms. The number of benzene rings is 1. The Bertz CT molecular complexity index is 1050. The lowest BCUT2D eigenvalue weighted by Gasteiger charge is -2.31. The molecule has 0 radical (unpaired) electrons. The van der Waals surface area contributed by atoms with E-state index in [1.54, 1.807) is 12.4 Å². The summed E-state index contributed by atoms with van der Waals surface area (Å²) in [5, 5.41) is 8.00. The van der Waals surface area contributed by atoms with Gasteiger partial charge in [0.2, 0.25) is 11.9 Å². The lowest BCUT2D eigenvalue weighted by molar-refractivity contribution is -0.120. The van der Waals surface area contributed by atoms with Crippen molar-refractivity contribution in [2.45, 2.75) is 46.0 Å². The minimum absolute atomic E-state index is 0.0433. The zero-order valence-corrected chi connectivity index (χ0v) is 18.7. The van der Waals surface area contributed by atoms with Crippen molar-refractivity contribution in [3.8, 4) is 5.69 Å². The Hall–Kier alpha value is -3.22. The van der Waals surface area contributed by atoms with Crippen molar-refractivity contribution in [2.75, 3.05) is 23.3 Å². The summed E-state index contributed by atoms with van der Waals surface area (Å²) < 4.78 is 1.86. The van der Waals surface area contributed by atoms with Crippen molar-refractivity contribution in [2.24, 2.45) is 5.92 Å². The highest BCUT2D eigenvalue weighted by molar-refractivity contribution is 5.92. The highest BCUT2D eigenvalue weighted by Crippen LogP contribution is 2.28. The summed E-state index contributed by atoms with van der Waals surface area (Å²) in [5.41, 5.74) is 2.92. The molecule has 1 aliphatic rings. The van der Waals surface area contributed by atoms with E-state index < -0.39 is 0 Å². The molecule has 2 aromatic heterocycles. The van der Waals surface area contributed by atoms with Crippen LogP contribution in [0.25, 0.3) is 5.69 Å². The molecule has 1 amide bonds. The van der Waals surface area contributed by atoms with Gasteiger partial charge in [0.15, 0.2) is 0 Å². The van der Waals surface area contributed by atoms with Crippen LogP contribution in [-0.4, -0.2) is 38.7 Å². The number of rotatable bonds is 4. The molecule has 0 unspecified atom stereocenters. The maximum Gasteiger partial charge on any atom is 0.228 e. The van der Waals surface area contributed by atoms with Gasteiger partial charge in [-0.3, -0.25) is 4.79 Å². The normalized spacial score (nSPS) is 15.2. The Labute approximate surface area is 183 Å². The van der Waals surface area contributed by atoms with Crippen molar-refractivity contribution in [1.82, 2.24) is 19.7 Å². The van der Waals surface area contributed by atoms with Gasteiger partial charge < -0.3 is 10.2 Å². The quantitative estimate of drug-likeness (QED) is 0.690. The number of hydrogen-bond acceptors (Lipinski definition) is 5. The Morgan fingerprint density at radius 2 is 1.74 bits per heavy atom. The number of para-hydroxylation sites is 1. The first-order chi connectivity index (χ1) is 14.8. The molecule has 7 heteroatoms. The van der Waals surface area contributed by atoms with Crippen LogP contribution in [0.15, 0.2) is 48.8 Å². The Kier molecular flexibility index (Phi) is 5.76. The molecule has 7 nitrogen and oxygen atoms in total. The van der Waals surface area contributed by atoms with Crippen LogP contribution < -0.4 is 10.2 Å². The van der Waals surface area contributed by atoms with Crippen LogP contribution in [0.2, 0.25) is 0 Å². The van der Waals surface area contributed by atoms with Gasteiger partial charge in [-0.1, -0.05) is 39.0 Å². The van der Waals surface area contributed by atoms with E-state index in [1.807, 2.05) is 35.0 Å². The van der Waals surface area contributed by atoms with Crippen LogP contribution >= 0.6 is 0 Å². The second kappa shape index (κ2) is 8.49. The van der Waals surface area contributed by atoms with E-state index in [0.717, 1.165) is 54.6 Å². The first kappa shape index (κ1) is 21.0. The fourth-order valence-electron chi connectivity index (χ4n) is 3.85. The van der Waals surface area contributed by atoms with Crippen molar-refractivity contribution >= 4 is 17.7 Å². The first-order valence-electron chi connectivity index (χ1n) is 10.8. The summed E-state index contributed by atoms with van der Waals surface area (Å²) in [6.07, 6.45) is 5.05. The third-order valence-electron chi connectivity index (χ3n) is 5.77. The fourth-order valence-corrected chi connectivity index (χ4v) is 3.85. The summed E-state index contributed by atoms with van der Waals surface area (Å²) in [7, 11) is 0. The molecular weight excluding hydrogens is 388 g/mol. The lowest BCUT2D eigenvalue weighted by Crippen LogP contribution is -2.39. The summed E-state index contributed by atoms with van der Waals surface area (Å²) in [5.74, 6) is 1.45. The van der Waals surface area contributed by atoms with E-state index in [2.05, 4.69) is 53.9 Å². The van der Waals surface area contributed by atoms with Crippen molar-refractivity contribution in [1.29, 1.82) is 0 Å². The van der Waals surface area contributed by atoms with Crippen LogP contribution in [0.1, 0.15) is 44.9 Å². The molecule has 1 saturated heterocycles. The van der Waals surface area contributed by atoms with E-state index >= 15 is 0 Å². The number of nitrogens with zero attached hydrogens (tertiary/aromatic N) is 5. The number of aromatic nitrogens is 4. The SMILES string of the molecule is Cc1ccccc1-n1nc(C(C)(C)C)cc1NC(=O)C1CCN(c2ncccn2)CC1. The number of amides is 1. The molecule has 3 aromatic rings. The summed E-state index contributed by atoms with van der Waals surface area (Å²) in [6, 6.07) is 11.9. The smallest absolute Gasteiger partial charge is 0.228 e. The maximum absolute atomic E-state index is 13.1. The molecule has 1 aromatic carbocycles. The van der Waals surface area contributed by atoms with Gasteiger partial charge in [-0.05, 0) is 37.5 Å². The molecule has 0 atom stereocenters. The second-order valence-corrected chi connectivity index (χ2v) is 9.16. The van der Waals surface area contributed by atoms with E-state index in [0.29, 0.717) is 0 Å². The van der Waals surface area contributed by atoms with E-state index in [-0.39, 0.29) is 17.2 Å². The van der Waals surface area contributed by atoms with Crippen LogP contribution in [0.3, 0.4) is 0 Å². The monoisotopic (exact) mass is 418 g/mol. The fraction of sp³-hybridized carbons (Fsp3) is 0.417. The molecule has 3 heterocycles. The molecule has 0 aliphatic carbocycles. The lowest BCUT2D eigenvalue weighted by atomic mass is 9.92. The third kappa shape index (κ3) is 4.60. The molecule has 1 N–H and O–H groups in total. The van der Waals surface area contributed by atoms with Crippen molar-refractivity contribution in [3.05, 3.63) is 60.0 Å². The first-order valence-corrected chi connectivity index (χ1v) is 10.8. The number of carbonyl (C=O) groups excluding carboxylic acids is 1. The van der Waals surface area contributed by atoms with E-state index in [1.165, 1.54) is 0 Å². The minimum Gasteiger partial charge on any atom is -0.341 e. The van der Waals surface area contributed by atoms with Gasteiger partial charge in [-0.15, -0.1) is 0 Å². The van der Waals surface area contributed by atoms with Crippen LogP contribution in [0.4, 0.5) is 11.8 Å². The van der Waals surface area contributed by atoms with Gasteiger partial charge in [0.05, 0.1) is 11.4 Å². The zero-order valence-electron chi connectivity index (χ0n) is 18.7. The van der Waals surface area contributed by atoms with Crippen molar-refractivity contribution in [3.63, 3.8) is 0 Å². The predicted molar refractivity (Wildman–Crippen MR) is 123 cm³/mol. The average molecular weight is 419 g/mol.